The number of rotatable bonds is 5. The maximum Gasteiger partial charge on any atom is 0.430 e. The molecule has 1 aromatic heterocycles. The van der Waals surface area contributed by atoms with E-state index in [1.165, 1.54) is 23.2 Å². The molecule has 0 spiro atoms. The maximum atomic E-state index is 13.1. The fourth-order valence-electron chi connectivity index (χ4n) is 3.18. The first-order valence-corrected chi connectivity index (χ1v) is 10.1. The van der Waals surface area contributed by atoms with Gasteiger partial charge in [0, 0.05) is 10.3 Å². The molecule has 0 fully saturated rings. The molecular weight excluding hydrogens is 398 g/mol. The van der Waals surface area contributed by atoms with Crippen molar-refractivity contribution in [3.05, 3.63) is 90.2 Å². The van der Waals surface area contributed by atoms with Crippen molar-refractivity contribution in [1.82, 2.24) is 0 Å². The van der Waals surface area contributed by atoms with Crippen LogP contribution >= 0.6 is 11.9 Å². The molecule has 0 saturated heterocycles. The summed E-state index contributed by atoms with van der Waals surface area (Å²) < 4.78 is 12.7. The largest absolute Gasteiger partial charge is 0.461 e. The number of hydrogen-bond donors (Lipinski definition) is 0. The Labute approximate surface area is 178 Å². The van der Waals surface area contributed by atoms with Crippen molar-refractivity contribution in [3.8, 4) is 5.75 Å². The lowest BCUT2D eigenvalue weighted by Crippen LogP contribution is -2.27. The average Bonchev–Trinajstić information content (AvgIpc) is 3.08. The van der Waals surface area contributed by atoms with Crippen molar-refractivity contribution in [2.75, 3.05) is 4.31 Å². The third-order valence-electron chi connectivity index (χ3n) is 4.49. The van der Waals surface area contributed by atoms with Gasteiger partial charge < -0.3 is 9.15 Å². The van der Waals surface area contributed by atoms with Crippen LogP contribution in [0.5, 0.6) is 5.75 Å². The number of carbonyl (C=O) groups excluding carboxylic acids is 2. The van der Waals surface area contributed by atoms with Crippen LogP contribution in [-0.4, -0.2) is 11.9 Å². The Morgan fingerprint density at radius 3 is 2.27 bits per heavy atom. The minimum atomic E-state index is -0.543. The summed E-state index contributed by atoms with van der Waals surface area (Å²) in [5.74, 6) is 0.923. The van der Waals surface area contributed by atoms with Gasteiger partial charge in [0.15, 0.2) is 5.78 Å². The van der Waals surface area contributed by atoms with Crippen molar-refractivity contribution in [2.24, 2.45) is 0 Å². The van der Waals surface area contributed by atoms with E-state index in [-0.39, 0.29) is 5.78 Å². The highest BCUT2D eigenvalue weighted by Gasteiger charge is 2.23. The zero-order valence-electron chi connectivity index (χ0n) is 16.5. The molecule has 1 amide bonds. The van der Waals surface area contributed by atoms with Crippen LogP contribution < -0.4 is 9.04 Å². The van der Waals surface area contributed by atoms with E-state index < -0.39 is 6.09 Å². The van der Waals surface area contributed by atoms with Crippen LogP contribution in [0.3, 0.4) is 0 Å². The molecule has 0 aliphatic carbocycles. The number of fused-ring (bicyclic) bond motifs is 1. The lowest BCUT2D eigenvalue weighted by molar-refractivity contribution is 0.101. The molecule has 0 unspecified atom stereocenters. The second-order valence-electron chi connectivity index (χ2n) is 6.65. The SMILES string of the molecule is CC(=O)c1c(C)oc2ccc(N(Sc3ccccc3)C(=O)Oc3ccccc3)cc12. The Bertz CT molecular complexity index is 1200. The van der Waals surface area contributed by atoms with Crippen LogP contribution in [0.4, 0.5) is 10.5 Å². The van der Waals surface area contributed by atoms with Gasteiger partial charge in [-0.15, -0.1) is 0 Å². The molecular formula is C24H19NO4S. The molecule has 4 aromatic rings. The average molecular weight is 417 g/mol. The summed E-state index contributed by atoms with van der Waals surface area (Å²) in [5, 5.41) is 0.670. The number of carbonyl (C=O) groups is 2. The predicted molar refractivity (Wildman–Crippen MR) is 118 cm³/mol. The van der Waals surface area contributed by atoms with Gasteiger partial charge in [-0.3, -0.25) is 4.79 Å². The van der Waals surface area contributed by atoms with Gasteiger partial charge in [0.25, 0.3) is 0 Å². The monoisotopic (exact) mass is 417 g/mol. The van der Waals surface area contributed by atoms with Crippen LogP contribution in [-0.2, 0) is 0 Å². The lowest BCUT2D eigenvalue weighted by atomic mass is 10.1. The van der Waals surface area contributed by atoms with Crippen molar-refractivity contribution >= 4 is 40.5 Å². The van der Waals surface area contributed by atoms with E-state index in [4.69, 9.17) is 9.15 Å². The molecule has 3 aromatic carbocycles. The number of furan rings is 1. The number of Topliss-reactive ketones (excluding diaryl/α,β-unsaturated/α-hetero) is 1. The van der Waals surface area contributed by atoms with Gasteiger partial charge in [-0.2, -0.15) is 0 Å². The summed E-state index contributed by atoms with van der Waals surface area (Å²) in [6, 6.07) is 23.8. The van der Waals surface area contributed by atoms with Gasteiger partial charge in [0.2, 0.25) is 0 Å². The summed E-state index contributed by atoms with van der Waals surface area (Å²) in [7, 11) is 0. The van der Waals surface area contributed by atoms with E-state index in [2.05, 4.69) is 0 Å². The van der Waals surface area contributed by atoms with Crippen LogP contribution in [0.1, 0.15) is 23.0 Å². The molecule has 6 heteroatoms. The number of ketones is 1. The minimum Gasteiger partial charge on any atom is -0.461 e. The molecule has 0 aliphatic heterocycles. The normalized spacial score (nSPS) is 10.7. The van der Waals surface area contributed by atoms with E-state index in [9.17, 15) is 9.59 Å². The summed E-state index contributed by atoms with van der Waals surface area (Å²) in [4.78, 5) is 26.1. The Hall–Kier alpha value is -3.51. The number of hydrogen-bond acceptors (Lipinski definition) is 5. The van der Waals surface area contributed by atoms with Crippen molar-refractivity contribution < 1.29 is 18.7 Å². The first kappa shape index (κ1) is 19.8. The molecule has 0 bridgehead atoms. The standard InChI is InChI=1S/C24H19NO4S/c1-16(26)23-17(2)28-22-14-13-18(15-21(22)23)25(30-20-11-7-4-8-12-20)24(27)29-19-9-5-3-6-10-19/h3-15H,1-2H3. The van der Waals surface area contributed by atoms with E-state index in [1.807, 2.05) is 36.4 Å². The topological polar surface area (TPSA) is 59.8 Å². The zero-order valence-corrected chi connectivity index (χ0v) is 17.3. The molecule has 0 atom stereocenters. The maximum absolute atomic E-state index is 13.1. The molecule has 0 aliphatic rings. The van der Waals surface area contributed by atoms with E-state index in [0.717, 1.165) is 4.90 Å². The first-order valence-electron chi connectivity index (χ1n) is 9.37. The van der Waals surface area contributed by atoms with Gasteiger partial charge in [0.1, 0.15) is 17.1 Å². The van der Waals surface area contributed by atoms with Crippen molar-refractivity contribution in [1.29, 1.82) is 0 Å². The Balaban J connectivity index is 1.75. The molecule has 30 heavy (non-hydrogen) atoms. The highest BCUT2D eigenvalue weighted by molar-refractivity contribution is 8.01. The van der Waals surface area contributed by atoms with Crippen LogP contribution in [0.15, 0.2) is 88.2 Å². The smallest absolute Gasteiger partial charge is 0.430 e. The minimum absolute atomic E-state index is 0.0856. The Morgan fingerprint density at radius 2 is 1.60 bits per heavy atom. The number of anilines is 1. The van der Waals surface area contributed by atoms with Crippen LogP contribution in [0.25, 0.3) is 11.0 Å². The molecule has 1 heterocycles. The quantitative estimate of drug-likeness (QED) is 0.268. The molecule has 4 rings (SSSR count). The molecule has 0 saturated carbocycles. The molecule has 0 N–H and O–H groups in total. The van der Waals surface area contributed by atoms with Gasteiger partial charge in [-0.1, -0.05) is 36.4 Å². The Morgan fingerprint density at radius 1 is 0.933 bits per heavy atom. The third-order valence-corrected chi connectivity index (χ3v) is 5.51. The number of benzene rings is 3. The van der Waals surface area contributed by atoms with Gasteiger partial charge in [-0.25, -0.2) is 9.10 Å². The summed E-state index contributed by atoms with van der Waals surface area (Å²) in [6.45, 7) is 3.26. The first-order chi connectivity index (χ1) is 14.5. The highest BCUT2D eigenvalue weighted by Crippen LogP contribution is 2.35. The second-order valence-corrected chi connectivity index (χ2v) is 7.67. The molecule has 0 radical (unpaired) electrons. The number of para-hydroxylation sites is 1. The highest BCUT2D eigenvalue weighted by atomic mass is 32.2. The van der Waals surface area contributed by atoms with E-state index >= 15 is 0 Å². The Kier molecular flexibility index (Phi) is 5.59. The van der Waals surface area contributed by atoms with Crippen LogP contribution in [0.2, 0.25) is 0 Å². The van der Waals surface area contributed by atoms with E-state index in [1.54, 1.807) is 49.4 Å². The fourth-order valence-corrected chi connectivity index (χ4v) is 4.01. The zero-order chi connectivity index (χ0) is 21.1. The van der Waals surface area contributed by atoms with Gasteiger partial charge in [0.05, 0.1) is 11.3 Å². The number of amides is 1. The predicted octanol–water partition coefficient (Wildman–Crippen LogP) is 6.66. The van der Waals surface area contributed by atoms with Gasteiger partial charge >= 0.3 is 6.09 Å². The molecule has 5 nitrogen and oxygen atoms in total. The number of nitrogens with zero attached hydrogens (tertiary/aromatic N) is 1. The summed E-state index contributed by atoms with van der Waals surface area (Å²) in [6.07, 6.45) is -0.543. The molecule has 150 valence electrons. The van der Waals surface area contributed by atoms with Gasteiger partial charge in [-0.05, 0) is 68.3 Å². The summed E-state index contributed by atoms with van der Waals surface area (Å²) in [5.41, 5.74) is 1.70. The second kappa shape index (κ2) is 8.47. The lowest BCUT2D eigenvalue weighted by Gasteiger charge is -2.21. The fraction of sp³-hybridized carbons (Fsp3) is 0.0833. The van der Waals surface area contributed by atoms with Crippen LogP contribution in [0, 0.1) is 6.92 Å². The van der Waals surface area contributed by atoms with Crippen molar-refractivity contribution in [2.45, 2.75) is 18.7 Å². The summed E-state index contributed by atoms with van der Waals surface area (Å²) >= 11 is 1.24. The van der Waals surface area contributed by atoms with Crippen molar-refractivity contribution in [3.63, 3.8) is 0 Å². The third kappa shape index (κ3) is 4.09. The van der Waals surface area contributed by atoms with E-state index in [0.29, 0.717) is 33.7 Å². The number of ether oxygens (including phenoxy) is 1. The number of aryl methyl sites for hydroxylation is 1.